The number of rotatable bonds is 4. The Morgan fingerprint density at radius 3 is 2.17 bits per heavy atom. The monoisotopic (exact) mass is 171 g/mol. The van der Waals surface area contributed by atoms with E-state index in [4.69, 9.17) is 10.8 Å². The predicted molar refractivity (Wildman–Crippen MR) is 40.2 cm³/mol. The molecule has 0 radical (unpaired) electrons. The van der Waals surface area contributed by atoms with Crippen molar-refractivity contribution in [2.45, 2.75) is 13.3 Å². The number of Topliss-reactive ketones (excluding diaryl/α,β-unsaturated/α-hetero) is 1. The minimum Gasteiger partial charge on any atom is -0.478 e. The van der Waals surface area contributed by atoms with E-state index < -0.39 is 11.9 Å². The number of amides is 1. The highest BCUT2D eigenvalue weighted by Crippen LogP contribution is 2.01. The van der Waals surface area contributed by atoms with Crippen LogP contribution in [0.5, 0.6) is 0 Å². The Morgan fingerprint density at radius 1 is 1.42 bits per heavy atom. The highest BCUT2D eigenvalue weighted by Gasteiger charge is 2.10. The van der Waals surface area contributed by atoms with E-state index in [-0.39, 0.29) is 17.8 Å². The van der Waals surface area contributed by atoms with E-state index in [0.29, 0.717) is 0 Å². The van der Waals surface area contributed by atoms with Gasteiger partial charge in [-0.3, -0.25) is 9.59 Å². The van der Waals surface area contributed by atoms with Crippen molar-refractivity contribution in [2.24, 2.45) is 5.73 Å². The summed E-state index contributed by atoms with van der Waals surface area (Å²) in [5.74, 6) is -2.50. The summed E-state index contributed by atoms with van der Waals surface area (Å²) in [4.78, 5) is 31.1. The van der Waals surface area contributed by atoms with Crippen molar-refractivity contribution in [1.29, 1.82) is 0 Å². The number of carboxylic acid groups (broad SMARTS) is 1. The molecule has 0 unspecified atom stereocenters. The molecule has 0 spiro atoms. The van der Waals surface area contributed by atoms with E-state index in [2.05, 4.69) is 0 Å². The Balaban J connectivity index is 4.55. The zero-order chi connectivity index (χ0) is 9.72. The van der Waals surface area contributed by atoms with Gasteiger partial charge >= 0.3 is 5.97 Å². The molecule has 5 heteroatoms. The van der Waals surface area contributed by atoms with Crippen molar-refractivity contribution in [2.75, 3.05) is 0 Å². The molecule has 0 aliphatic heterocycles. The van der Waals surface area contributed by atoms with Crippen LogP contribution in [0, 0.1) is 0 Å². The molecule has 0 aromatic carbocycles. The fourth-order valence-corrected chi connectivity index (χ4v) is 0.628. The molecule has 0 saturated heterocycles. The summed E-state index contributed by atoms with van der Waals surface area (Å²) in [7, 11) is 0. The average molecular weight is 171 g/mol. The number of aliphatic carboxylic acids is 1. The number of ketones is 1. The smallest absolute Gasteiger partial charge is 0.332 e. The Morgan fingerprint density at radius 2 is 1.92 bits per heavy atom. The molecule has 1 amide bonds. The van der Waals surface area contributed by atoms with Crippen molar-refractivity contribution >= 4 is 17.7 Å². The molecule has 0 bridgehead atoms. The van der Waals surface area contributed by atoms with Gasteiger partial charge in [0.05, 0.1) is 0 Å². The Labute approximate surface area is 68.9 Å². The normalized spacial score (nSPS) is 10.9. The molecule has 5 nitrogen and oxygen atoms in total. The maximum Gasteiger partial charge on any atom is 0.332 e. The second-order valence-corrected chi connectivity index (χ2v) is 2.26. The van der Waals surface area contributed by atoms with Gasteiger partial charge in [0.25, 0.3) is 0 Å². The van der Waals surface area contributed by atoms with E-state index in [0.717, 1.165) is 6.08 Å². The lowest BCUT2D eigenvalue weighted by atomic mass is 10.1. The third-order valence-corrected chi connectivity index (χ3v) is 1.03. The van der Waals surface area contributed by atoms with Crippen LogP contribution in [-0.2, 0) is 14.4 Å². The molecule has 0 aliphatic carbocycles. The standard InChI is InChI=1S/C7H9NO4/c1-4(9)2-5(7(11)12)3-6(8)10/h3H,2H2,1H3,(H2,8,10)(H,11,12)/b5-3-. The van der Waals surface area contributed by atoms with E-state index in [1.165, 1.54) is 6.92 Å². The van der Waals surface area contributed by atoms with Crippen molar-refractivity contribution < 1.29 is 19.5 Å². The van der Waals surface area contributed by atoms with Crippen LogP contribution in [-0.4, -0.2) is 22.8 Å². The van der Waals surface area contributed by atoms with Crippen LogP contribution in [0.1, 0.15) is 13.3 Å². The van der Waals surface area contributed by atoms with E-state index in [1.807, 2.05) is 0 Å². The van der Waals surface area contributed by atoms with Crippen LogP contribution in [0.15, 0.2) is 11.6 Å². The van der Waals surface area contributed by atoms with Crippen LogP contribution in [0.3, 0.4) is 0 Å². The largest absolute Gasteiger partial charge is 0.478 e. The zero-order valence-corrected chi connectivity index (χ0v) is 6.53. The molecule has 0 rings (SSSR count). The molecular formula is C7H9NO4. The van der Waals surface area contributed by atoms with Gasteiger partial charge in [0, 0.05) is 18.1 Å². The SMILES string of the molecule is CC(=O)C/C(=C/C(N)=O)C(=O)O. The highest BCUT2D eigenvalue weighted by atomic mass is 16.4. The maximum absolute atomic E-state index is 10.5. The summed E-state index contributed by atoms with van der Waals surface area (Å²) < 4.78 is 0. The second-order valence-electron chi connectivity index (χ2n) is 2.26. The Bertz CT molecular complexity index is 254. The minimum absolute atomic E-state index is 0.279. The van der Waals surface area contributed by atoms with Gasteiger partial charge in [0.2, 0.25) is 5.91 Å². The van der Waals surface area contributed by atoms with E-state index in [1.54, 1.807) is 0 Å². The van der Waals surface area contributed by atoms with Gasteiger partial charge in [-0.1, -0.05) is 0 Å². The summed E-state index contributed by atoms with van der Waals surface area (Å²) in [6.45, 7) is 1.23. The minimum atomic E-state index is -1.30. The molecule has 0 saturated carbocycles. The van der Waals surface area contributed by atoms with Gasteiger partial charge in [-0.15, -0.1) is 0 Å². The fraction of sp³-hybridized carbons (Fsp3) is 0.286. The van der Waals surface area contributed by atoms with Crippen LogP contribution in [0.25, 0.3) is 0 Å². The third kappa shape index (κ3) is 4.21. The van der Waals surface area contributed by atoms with Crippen LogP contribution in [0.4, 0.5) is 0 Å². The summed E-state index contributed by atoms with van der Waals surface area (Å²) in [5, 5.41) is 8.44. The molecule has 3 N–H and O–H groups in total. The first-order chi connectivity index (χ1) is 5.43. The number of nitrogens with two attached hydrogens (primary N) is 1. The number of primary amides is 1. The summed E-state index contributed by atoms with van der Waals surface area (Å²) in [5.41, 5.74) is 4.43. The number of hydrogen-bond donors (Lipinski definition) is 2. The van der Waals surface area contributed by atoms with Gasteiger partial charge in [0.1, 0.15) is 5.78 Å². The zero-order valence-electron chi connectivity index (χ0n) is 6.53. The van der Waals surface area contributed by atoms with Gasteiger partial charge < -0.3 is 10.8 Å². The summed E-state index contributed by atoms with van der Waals surface area (Å²) in [6.07, 6.45) is 0.460. The van der Waals surface area contributed by atoms with Crippen molar-refractivity contribution in [3.05, 3.63) is 11.6 Å². The Kier molecular flexibility index (Phi) is 3.69. The number of carbonyl (C=O) groups is 3. The fourth-order valence-electron chi connectivity index (χ4n) is 0.628. The number of hydrogen-bond acceptors (Lipinski definition) is 3. The lowest BCUT2D eigenvalue weighted by molar-refractivity contribution is -0.134. The molecule has 0 fully saturated rings. The first-order valence-corrected chi connectivity index (χ1v) is 3.16. The molecule has 0 aromatic heterocycles. The molecule has 0 heterocycles. The van der Waals surface area contributed by atoms with Crippen molar-refractivity contribution in [3.63, 3.8) is 0 Å². The Hall–Kier alpha value is -1.65. The highest BCUT2D eigenvalue weighted by molar-refractivity contribution is 6.00. The van der Waals surface area contributed by atoms with Gasteiger partial charge in [-0.2, -0.15) is 0 Å². The second kappa shape index (κ2) is 4.27. The van der Waals surface area contributed by atoms with Gasteiger partial charge in [-0.05, 0) is 6.92 Å². The molecule has 12 heavy (non-hydrogen) atoms. The lowest BCUT2D eigenvalue weighted by Crippen LogP contribution is -2.12. The predicted octanol–water partition coefficient (Wildman–Crippen LogP) is -0.538. The van der Waals surface area contributed by atoms with Crippen molar-refractivity contribution in [3.8, 4) is 0 Å². The van der Waals surface area contributed by atoms with E-state index >= 15 is 0 Å². The lowest BCUT2D eigenvalue weighted by Gasteiger charge is -1.96. The van der Waals surface area contributed by atoms with Crippen molar-refractivity contribution in [1.82, 2.24) is 0 Å². The first kappa shape index (κ1) is 10.3. The third-order valence-electron chi connectivity index (χ3n) is 1.03. The first-order valence-electron chi connectivity index (χ1n) is 3.16. The maximum atomic E-state index is 10.5. The van der Waals surface area contributed by atoms with Crippen LogP contribution >= 0.6 is 0 Å². The molecule has 0 atom stereocenters. The summed E-state index contributed by atoms with van der Waals surface area (Å²) >= 11 is 0. The average Bonchev–Trinajstić information content (AvgIpc) is 1.83. The molecule has 0 aliphatic rings. The van der Waals surface area contributed by atoms with Gasteiger partial charge in [0.15, 0.2) is 0 Å². The summed E-state index contributed by atoms with van der Waals surface area (Å²) in [6, 6.07) is 0. The molecule has 66 valence electrons. The topological polar surface area (TPSA) is 97.5 Å². The number of carboxylic acids is 1. The molecule has 0 aromatic rings. The quantitative estimate of drug-likeness (QED) is 0.555. The van der Waals surface area contributed by atoms with Gasteiger partial charge in [-0.25, -0.2) is 4.79 Å². The molecular weight excluding hydrogens is 162 g/mol. The number of carbonyl (C=O) groups excluding carboxylic acids is 2. The van der Waals surface area contributed by atoms with Crippen LogP contribution < -0.4 is 5.73 Å². The van der Waals surface area contributed by atoms with E-state index in [9.17, 15) is 14.4 Å². The van der Waals surface area contributed by atoms with Crippen LogP contribution in [0.2, 0.25) is 0 Å².